The van der Waals surface area contributed by atoms with E-state index in [4.69, 9.17) is 14.4 Å². The van der Waals surface area contributed by atoms with Gasteiger partial charge in [0.2, 0.25) is 0 Å². The monoisotopic (exact) mass is 653 g/mol. The molecule has 0 saturated heterocycles. The molecule has 1 aromatic heterocycles. The van der Waals surface area contributed by atoms with Crippen LogP contribution in [0.25, 0.3) is 65.7 Å². The number of furan rings is 1. The van der Waals surface area contributed by atoms with Crippen LogP contribution in [0.15, 0.2) is 190 Å². The third kappa shape index (κ3) is 5.17. The third-order valence-electron chi connectivity index (χ3n) is 9.90. The lowest BCUT2D eigenvalue weighted by Crippen LogP contribution is -2.33. The zero-order valence-electron chi connectivity index (χ0n) is 27.6. The molecule has 2 heterocycles. The topological polar surface area (TPSA) is 49.9 Å². The number of fused-ring (bicyclic) bond motifs is 5. The molecule has 1 N–H and O–H groups in total. The van der Waals surface area contributed by atoms with Crippen molar-refractivity contribution in [2.75, 3.05) is 0 Å². The van der Waals surface area contributed by atoms with Crippen LogP contribution in [0.4, 0.5) is 0 Å². The average Bonchev–Trinajstić information content (AvgIpc) is 3.57. The van der Waals surface area contributed by atoms with E-state index in [1.807, 2.05) is 36.4 Å². The zero-order chi connectivity index (χ0) is 33.7. The minimum atomic E-state index is -0.293. The summed E-state index contributed by atoms with van der Waals surface area (Å²) in [5.41, 5.74) is 9.21. The molecule has 0 aliphatic carbocycles. The smallest absolute Gasteiger partial charge is 0.159 e. The van der Waals surface area contributed by atoms with E-state index in [2.05, 4.69) is 145 Å². The molecule has 10 rings (SSSR count). The first kappa shape index (κ1) is 29.2. The van der Waals surface area contributed by atoms with E-state index in [0.717, 1.165) is 61.0 Å². The first-order valence-corrected chi connectivity index (χ1v) is 17.3. The molecule has 0 spiro atoms. The minimum Gasteiger partial charge on any atom is -0.455 e. The van der Waals surface area contributed by atoms with Crippen LogP contribution in [0.1, 0.15) is 22.9 Å². The summed E-state index contributed by atoms with van der Waals surface area (Å²) in [6, 6.07) is 61.7. The molecule has 0 bridgehead atoms. The van der Waals surface area contributed by atoms with Crippen molar-refractivity contribution >= 4 is 55.2 Å². The van der Waals surface area contributed by atoms with Crippen molar-refractivity contribution in [1.82, 2.24) is 5.32 Å². The average molecular weight is 654 g/mol. The van der Waals surface area contributed by atoms with Crippen molar-refractivity contribution in [1.29, 1.82) is 0 Å². The van der Waals surface area contributed by atoms with Gasteiger partial charge in [-0.25, -0.2) is 9.98 Å². The fraction of sp³-hybridized carbons (Fsp3) is 0.0213. The standard InChI is InChI=1S/C47H31N3O/c1-3-13-33(14-4-1)45-48-46(34-15-5-2-6-16-34)50-47(49-45)37-27-40(44-42(28-37)41-26-35-17-7-8-18-36(35)29-43(41)51-44)32-24-22-31(23-25-32)39-21-11-19-30-12-9-10-20-38(30)39/h1-29,45H,(H,48,49,50). The highest BCUT2D eigenvalue weighted by Crippen LogP contribution is 2.40. The highest BCUT2D eigenvalue weighted by atomic mass is 16.3. The number of nitrogens with zero attached hydrogens (tertiary/aromatic N) is 2. The first-order valence-electron chi connectivity index (χ1n) is 17.3. The molecule has 1 aliphatic rings. The molecule has 1 aliphatic heterocycles. The van der Waals surface area contributed by atoms with Crippen molar-refractivity contribution in [3.63, 3.8) is 0 Å². The molecule has 0 fully saturated rings. The maximum Gasteiger partial charge on any atom is 0.159 e. The van der Waals surface area contributed by atoms with E-state index in [9.17, 15) is 0 Å². The van der Waals surface area contributed by atoms with Crippen molar-refractivity contribution in [2.45, 2.75) is 6.17 Å². The summed E-state index contributed by atoms with van der Waals surface area (Å²) < 4.78 is 6.76. The molecule has 0 saturated carbocycles. The number of aliphatic imine (C=N–C) groups is 2. The quantitative estimate of drug-likeness (QED) is 0.201. The fourth-order valence-electron chi connectivity index (χ4n) is 7.34. The number of hydrogen-bond donors (Lipinski definition) is 1. The van der Waals surface area contributed by atoms with Crippen molar-refractivity contribution in [3.05, 3.63) is 193 Å². The lowest BCUT2D eigenvalue weighted by Gasteiger charge is -2.24. The molecule has 0 radical (unpaired) electrons. The number of amidine groups is 2. The number of nitrogens with one attached hydrogen (secondary N) is 1. The van der Waals surface area contributed by atoms with Gasteiger partial charge in [-0.15, -0.1) is 0 Å². The van der Waals surface area contributed by atoms with Crippen LogP contribution in [-0.4, -0.2) is 11.7 Å². The Hall–Kier alpha value is -6.78. The lowest BCUT2D eigenvalue weighted by atomic mass is 9.94. The Morgan fingerprint density at radius 1 is 0.451 bits per heavy atom. The second-order valence-electron chi connectivity index (χ2n) is 13.0. The first-order chi connectivity index (χ1) is 25.2. The summed E-state index contributed by atoms with van der Waals surface area (Å²) in [6.45, 7) is 0. The molecule has 0 amide bonds. The van der Waals surface area contributed by atoms with Gasteiger partial charge in [0.15, 0.2) is 5.84 Å². The molecule has 4 heteroatoms. The van der Waals surface area contributed by atoms with Gasteiger partial charge in [0.05, 0.1) is 0 Å². The summed E-state index contributed by atoms with van der Waals surface area (Å²) in [5.74, 6) is 1.46. The van der Waals surface area contributed by atoms with Gasteiger partial charge < -0.3 is 9.73 Å². The summed E-state index contributed by atoms with van der Waals surface area (Å²) in [4.78, 5) is 10.2. The van der Waals surface area contributed by atoms with E-state index >= 15 is 0 Å². The number of rotatable bonds is 5. The Bertz CT molecular complexity index is 2810. The summed E-state index contributed by atoms with van der Waals surface area (Å²) in [7, 11) is 0. The summed E-state index contributed by atoms with van der Waals surface area (Å²) in [6.07, 6.45) is -0.293. The predicted octanol–water partition coefficient (Wildman–Crippen LogP) is 11.7. The highest BCUT2D eigenvalue weighted by Gasteiger charge is 2.23. The van der Waals surface area contributed by atoms with E-state index in [-0.39, 0.29) is 6.17 Å². The SMILES string of the molecule is c1ccc(C2=NC(c3ccccc3)NC(c3cc(-c4ccc(-c5cccc6ccccc56)cc4)c4oc5cc6ccccc6cc5c4c3)=N2)cc1. The Kier molecular flexibility index (Phi) is 6.85. The normalized spacial score (nSPS) is 14.5. The third-order valence-corrected chi connectivity index (χ3v) is 9.90. The summed E-state index contributed by atoms with van der Waals surface area (Å²) >= 11 is 0. The van der Waals surface area contributed by atoms with Crippen LogP contribution in [0, 0.1) is 0 Å². The van der Waals surface area contributed by atoms with Gasteiger partial charge in [0.25, 0.3) is 0 Å². The van der Waals surface area contributed by atoms with Gasteiger partial charge >= 0.3 is 0 Å². The van der Waals surface area contributed by atoms with Gasteiger partial charge in [-0.2, -0.15) is 0 Å². The second kappa shape index (κ2) is 12.0. The van der Waals surface area contributed by atoms with Crippen LogP contribution < -0.4 is 5.32 Å². The van der Waals surface area contributed by atoms with Gasteiger partial charge in [-0.05, 0) is 68.1 Å². The fourth-order valence-corrected chi connectivity index (χ4v) is 7.34. The molecule has 9 aromatic rings. The largest absolute Gasteiger partial charge is 0.455 e. The molecule has 51 heavy (non-hydrogen) atoms. The van der Waals surface area contributed by atoms with Gasteiger partial charge in [-0.3, -0.25) is 0 Å². The molecule has 4 nitrogen and oxygen atoms in total. The molecule has 1 unspecified atom stereocenters. The Labute approximate surface area is 295 Å². The molecule has 1 atom stereocenters. The van der Waals surface area contributed by atoms with Crippen LogP contribution in [0.2, 0.25) is 0 Å². The van der Waals surface area contributed by atoms with Crippen molar-refractivity contribution < 1.29 is 4.42 Å². The Morgan fingerprint density at radius 3 is 1.88 bits per heavy atom. The highest BCUT2D eigenvalue weighted by molar-refractivity contribution is 6.18. The Balaban J connectivity index is 1.17. The summed E-state index contributed by atoms with van der Waals surface area (Å²) in [5, 5.41) is 10.6. The van der Waals surface area contributed by atoms with Crippen LogP contribution >= 0.6 is 0 Å². The van der Waals surface area contributed by atoms with Crippen LogP contribution in [0.5, 0.6) is 0 Å². The zero-order valence-corrected chi connectivity index (χ0v) is 27.6. The molecule has 240 valence electrons. The van der Waals surface area contributed by atoms with E-state index in [1.165, 1.54) is 27.3 Å². The van der Waals surface area contributed by atoms with Gasteiger partial charge in [0, 0.05) is 27.5 Å². The van der Waals surface area contributed by atoms with Crippen LogP contribution in [0.3, 0.4) is 0 Å². The minimum absolute atomic E-state index is 0.293. The second-order valence-corrected chi connectivity index (χ2v) is 13.0. The van der Waals surface area contributed by atoms with E-state index in [0.29, 0.717) is 5.84 Å². The maximum absolute atomic E-state index is 6.76. The molecule has 8 aromatic carbocycles. The number of hydrogen-bond acceptors (Lipinski definition) is 4. The van der Waals surface area contributed by atoms with Gasteiger partial charge in [0.1, 0.15) is 23.2 Å². The molecular weight excluding hydrogens is 623 g/mol. The Morgan fingerprint density at radius 2 is 1.10 bits per heavy atom. The maximum atomic E-state index is 6.76. The van der Waals surface area contributed by atoms with E-state index in [1.54, 1.807) is 0 Å². The van der Waals surface area contributed by atoms with Crippen molar-refractivity contribution in [2.24, 2.45) is 9.98 Å². The van der Waals surface area contributed by atoms with E-state index < -0.39 is 0 Å². The lowest BCUT2D eigenvalue weighted by molar-refractivity contribution is 0.670. The number of benzene rings is 8. The van der Waals surface area contributed by atoms with Crippen LogP contribution in [-0.2, 0) is 0 Å². The van der Waals surface area contributed by atoms with Gasteiger partial charge in [-0.1, -0.05) is 152 Å². The predicted molar refractivity (Wildman–Crippen MR) is 211 cm³/mol. The molecular formula is C47H31N3O. The van der Waals surface area contributed by atoms with Crippen molar-refractivity contribution in [3.8, 4) is 22.3 Å².